The van der Waals surface area contributed by atoms with Gasteiger partial charge in [-0.05, 0) is 30.2 Å². The number of nitrogens with zero attached hydrogens (tertiary/aromatic N) is 4. The molecule has 0 aromatic carbocycles. The van der Waals surface area contributed by atoms with Crippen molar-refractivity contribution in [3.05, 3.63) is 5.82 Å². The van der Waals surface area contributed by atoms with Gasteiger partial charge in [0.05, 0.1) is 6.54 Å². The molecule has 0 spiro atoms. The number of hydrogen-bond donors (Lipinski definition) is 2. The molecule has 1 rings (SSSR count). The first kappa shape index (κ1) is 13.6. The van der Waals surface area contributed by atoms with E-state index in [1.54, 1.807) is 11.6 Å². The van der Waals surface area contributed by atoms with Crippen LogP contribution in [0.3, 0.4) is 0 Å². The van der Waals surface area contributed by atoms with Crippen LogP contribution in [0.5, 0.6) is 0 Å². The van der Waals surface area contributed by atoms with Gasteiger partial charge < -0.3 is 5.11 Å². The Labute approximate surface area is 100 Å². The maximum absolute atomic E-state index is 11.1. The summed E-state index contributed by atoms with van der Waals surface area (Å²) in [7, 11) is 0. The van der Waals surface area contributed by atoms with Crippen molar-refractivity contribution in [2.45, 2.75) is 52.2 Å². The van der Waals surface area contributed by atoms with Gasteiger partial charge >= 0.3 is 5.97 Å². The molecule has 0 amide bonds. The maximum Gasteiger partial charge on any atom is 0.323 e. The summed E-state index contributed by atoms with van der Waals surface area (Å²) >= 11 is 0. The van der Waals surface area contributed by atoms with Crippen LogP contribution >= 0.6 is 0 Å². The van der Waals surface area contributed by atoms with E-state index in [0.29, 0.717) is 18.8 Å². The summed E-state index contributed by atoms with van der Waals surface area (Å²) in [5.41, 5.74) is -0.941. The van der Waals surface area contributed by atoms with Crippen LogP contribution in [0.15, 0.2) is 0 Å². The summed E-state index contributed by atoms with van der Waals surface area (Å²) in [6.45, 7) is 6.61. The second-order valence-corrected chi connectivity index (χ2v) is 4.16. The zero-order valence-electron chi connectivity index (χ0n) is 10.5. The standard InChI is InChI=1S/C10H19N5O2/c1-4-6-15-8(12-13-14-15)7-11-10(3,5-2)9(16)17/h11H,4-7H2,1-3H3,(H,16,17). The van der Waals surface area contributed by atoms with Gasteiger partial charge in [0.2, 0.25) is 0 Å². The topological polar surface area (TPSA) is 92.9 Å². The summed E-state index contributed by atoms with van der Waals surface area (Å²) < 4.78 is 1.69. The summed E-state index contributed by atoms with van der Waals surface area (Å²) in [6, 6.07) is 0. The Kier molecular flexibility index (Phi) is 4.56. The average molecular weight is 241 g/mol. The third-order valence-corrected chi connectivity index (χ3v) is 2.86. The van der Waals surface area contributed by atoms with Crippen LogP contribution < -0.4 is 5.32 Å². The second kappa shape index (κ2) is 5.72. The van der Waals surface area contributed by atoms with Gasteiger partial charge in [0.25, 0.3) is 0 Å². The van der Waals surface area contributed by atoms with Crippen molar-refractivity contribution in [3.8, 4) is 0 Å². The Hall–Kier alpha value is -1.50. The molecule has 0 fully saturated rings. The summed E-state index contributed by atoms with van der Waals surface area (Å²) in [4.78, 5) is 11.1. The highest BCUT2D eigenvalue weighted by molar-refractivity contribution is 5.78. The first-order valence-electron chi connectivity index (χ1n) is 5.77. The third kappa shape index (κ3) is 3.23. The normalized spacial score (nSPS) is 14.5. The van der Waals surface area contributed by atoms with Gasteiger partial charge in [-0.15, -0.1) is 5.10 Å². The van der Waals surface area contributed by atoms with Crippen LogP contribution in [0.1, 0.15) is 39.4 Å². The zero-order valence-corrected chi connectivity index (χ0v) is 10.5. The molecule has 1 aromatic rings. The molecule has 1 unspecified atom stereocenters. The molecule has 7 heteroatoms. The quantitative estimate of drug-likeness (QED) is 0.719. The molecule has 7 nitrogen and oxygen atoms in total. The van der Waals surface area contributed by atoms with E-state index in [0.717, 1.165) is 13.0 Å². The Morgan fingerprint density at radius 2 is 2.24 bits per heavy atom. The van der Waals surface area contributed by atoms with Crippen molar-refractivity contribution in [3.63, 3.8) is 0 Å². The minimum Gasteiger partial charge on any atom is -0.480 e. The van der Waals surface area contributed by atoms with Gasteiger partial charge in [-0.25, -0.2) is 4.68 Å². The lowest BCUT2D eigenvalue weighted by Gasteiger charge is -2.24. The van der Waals surface area contributed by atoms with Crippen molar-refractivity contribution in [1.29, 1.82) is 0 Å². The predicted octanol–water partition coefficient (Wildman–Crippen LogP) is 0.426. The molecular weight excluding hydrogens is 222 g/mol. The van der Waals surface area contributed by atoms with Crippen LogP contribution in [0.4, 0.5) is 0 Å². The van der Waals surface area contributed by atoms with Gasteiger partial charge in [0.1, 0.15) is 5.54 Å². The van der Waals surface area contributed by atoms with E-state index in [1.807, 2.05) is 13.8 Å². The fourth-order valence-corrected chi connectivity index (χ4v) is 1.36. The lowest BCUT2D eigenvalue weighted by molar-refractivity contribution is -0.144. The number of aliphatic carboxylic acids is 1. The van der Waals surface area contributed by atoms with Gasteiger partial charge in [-0.1, -0.05) is 13.8 Å². The molecule has 1 atom stereocenters. The molecule has 96 valence electrons. The fraction of sp³-hybridized carbons (Fsp3) is 0.800. The van der Waals surface area contributed by atoms with Crippen LogP contribution in [0.2, 0.25) is 0 Å². The molecule has 0 aliphatic carbocycles. The highest BCUT2D eigenvalue weighted by Crippen LogP contribution is 2.10. The number of nitrogens with one attached hydrogen (secondary N) is 1. The van der Waals surface area contributed by atoms with Crippen LogP contribution in [0, 0.1) is 0 Å². The van der Waals surface area contributed by atoms with E-state index < -0.39 is 11.5 Å². The smallest absolute Gasteiger partial charge is 0.323 e. The van der Waals surface area contributed by atoms with Crippen LogP contribution in [0.25, 0.3) is 0 Å². The lowest BCUT2D eigenvalue weighted by atomic mass is 9.99. The van der Waals surface area contributed by atoms with E-state index in [9.17, 15) is 4.79 Å². The number of carbonyl (C=O) groups is 1. The number of carboxylic acids is 1. The summed E-state index contributed by atoms with van der Waals surface area (Å²) in [5, 5.41) is 23.4. The number of tetrazole rings is 1. The number of rotatable bonds is 7. The largest absolute Gasteiger partial charge is 0.480 e. The predicted molar refractivity (Wildman–Crippen MR) is 61.3 cm³/mol. The van der Waals surface area contributed by atoms with Crippen molar-refractivity contribution >= 4 is 5.97 Å². The van der Waals surface area contributed by atoms with E-state index in [-0.39, 0.29) is 0 Å². The van der Waals surface area contributed by atoms with Crippen LogP contribution in [-0.2, 0) is 17.9 Å². The molecule has 1 aromatic heterocycles. The van der Waals surface area contributed by atoms with E-state index in [4.69, 9.17) is 5.11 Å². The molecule has 1 heterocycles. The number of aromatic nitrogens is 4. The summed E-state index contributed by atoms with van der Waals surface area (Å²) in [5.74, 6) is -0.206. The first-order valence-corrected chi connectivity index (χ1v) is 5.77. The molecule has 2 N–H and O–H groups in total. The van der Waals surface area contributed by atoms with Gasteiger partial charge in [0.15, 0.2) is 5.82 Å². The third-order valence-electron chi connectivity index (χ3n) is 2.86. The zero-order chi connectivity index (χ0) is 12.9. The lowest BCUT2D eigenvalue weighted by Crippen LogP contribution is -2.48. The van der Waals surface area contributed by atoms with E-state index in [1.165, 1.54) is 0 Å². The molecular formula is C10H19N5O2. The molecule has 17 heavy (non-hydrogen) atoms. The Morgan fingerprint density at radius 3 is 2.76 bits per heavy atom. The van der Waals surface area contributed by atoms with Gasteiger partial charge in [-0.3, -0.25) is 10.1 Å². The Bertz CT molecular complexity index is 379. The number of aryl methyl sites for hydroxylation is 1. The van der Waals surface area contributed by atoms with Gasteiger partial charge in [0, 0.05) is 6.54 Å². The Balaban J connectivity index is 2.66. The highest BCUT2D eigenvalue weighted by Gasteiger charge is 2.30. The first-order chi connectivity index (χ1) is 8.03. The van der Waals surface area contributed by atoms with Gasteiger partial charge in [-0.2, -0.15) is 0 Å². The van der Waals surface area contributed by atoms with Crippen molar-refractivity contribution in [2.24, 2.45) is 0 Å². The van der Waals surface area contributed by atoms with E-state index in [2.05, 4.69) is 20.8 Å². The minimum absolute atomic E-state index is 0.351. The number of hydrogen-bond acceptors (Lipinski definition) is 5. The van der Waals surface area contributed by atoms with Crippen molar-refractivity contribution < 1.29 is 9.90 Å². The molecule has 0 aliphatic heterocycles. The second-order valence-electron chi connectivity index (χ2n) is 4.16. The maximum atomic E-state index is 11.1. The molecule has 0 saturated carbocycles. The molecule has 0 bridgehead atoms. The fourth-order valence-electron chi connectivity index (χ4n) is 1.36. The Morgan fingerprint density at radius 1 is 1.53 bits per heavy atom. The number of carboxylic acid groups (broad SMARTS) is 1. The highest BCUT2D eigenvalue weighted by atomic mass is 16.4. The molecule has 0 radical (unpaired) electrons. The minimum atomic E-state index is -0.941. The SMILES string of the molecule is CCCn1nnnc1CNC(C)(CC)C(=O)O. The monoisotopic (exact) mass is 241 g/mol. The summed E-state index contributed by atoms with van der Waals surface area (Å²) in [6.07, 6.45) is 1.43. The van der Waals surface area contributed by atoms with Crippen molar-refractivity contribution in [1.82, 2.24) is 25.5 Å². The van der Waals surface area contributed by atoms with Crippen molar-refractivity contribution in [2.75, 3.05) is 0 Å². The molecule has 0 aliphatic rings. The average Bonchev–Trinajstić information content (AvgIpc) is 2.74. The van der Waals surface area contributed by atoms with E-state index >= 15 is 0 Å². The van der Waals surface area contributed by atoms with Crippen LogP contribution in [-0.4, -0.2) is 36.8 Å². The molecule has 0 saturated heterocycles.